The van der Waals surface area contributed by atoms with E-state index in [0.29, 0.717) is 31.6 Å². The smallest absolute Gasteiger partial charge is 0.326 e. The van der Waals surface area contributed by atoms with Crippen molar-refractivity contribution in [1.82, 2.24) is 20.9 Å². The number of thioether (sulfide) groups is 1. The lowest BCUT2D eigenvalue weighted by atomic mass is 10.0. The summed E-state index contributed by atoms with van der Waals surface area (Å²) in [5.74, 6) is -2.24. The molecule has 4 atom stereocenters. The van der Waals surface area contributed by atoms with Crippen molar-refractivity contribution in [3.8, 4) is 0 Å². The van der Waals surface area contributed by atoms with E-state index in [-0.39, 0.29) is 19.3 Å². The minimum absolute atomic E-state index is 0.136. The van der Waals surface area contributed by atoms with Crippen LogP contribution in [0.15, 0.2) is 60.8 Å². The Labute approximate surface area is 255 Å². The lowest BCUT2D eigenvalue weighted by Crippen LogP contribution is -2.57. The topological polar surface area (TPSA) is 192 Å². The minimum Gasteiger partial charge on any atom is -0.480 e. The molecule has 12 heteroatoms. The van der Waals surface area contributed by atoms with Crippen LogP contribution in [0.1, 0.15) is 36.8 Å². The second-order valence-electron chi connectivity index (χ2n) is 10.4. The molecule has 0 fully saturated rings. The molecule has 3 rings (SSSR count). The van der Waals surface area contributed by atoms with Crippen molar-refractivity contribution in [3.63, 3.8) is 0 Å². The lowest BCUT2D eigenvalue weighted by Gasteiger charge is -2.25. The monoisotopic (exact) mass is 610 g/mol. The first-order valence-corrected chi connectivity index (χ1v) is 15.8. The summed E-state index contributed by atoms with van der Waals surface area (Å²) in [4.78, 5) is 55.1. The van der Waals surface area contributed by atoms with E-state index in [9.17, 15) is 24.3 Å². The Morgan fingerprint density at radius 3 is 2.19 bits per heavy atom. The van der Waals surface area contributed by atoms with Crippen molar-refractivity contribution >= 4 is 46.4 Å². The molecule has 3 amide bonds. The Morgan fingerprint density at radius 1 is 0.837 bits per heavy atom. The molecule has 0 bridgehead atoms. The number of aromatic nitrogens is 1. The maximum atomic E-state index is 13.5. The Bertz CT molecular complexity index is 1350. The molecule has 0 aliphatic carbocycles. The van der Waals surface area contributed by atoms with Gasteiger partial charge in [0.25, 0.3) is 0 Å². The zero-order valence-electron chi connectivity index (χ0n) is 24.4. The van der Waals surface area contributed by atoms with Gasteiger partial charge in [-0.25, -0.2) is 4.79 Å². The van der Waals surface area contributed by atoms with Crippen molar-refractivity contribution in [1.29, 1.82) is 0 Å². The van der Waals surface area contributed by atoms with Crippen LogP contribution in [-0.2, 0) is 32.0 Å². The number of amides is 3. The Morgan fingerprint density at radius 2 is 1.49 bits per heavy atom. The molecule has 232 valence electrons. The molecule has 1 aromatic heterocycles. The number of nitrogens with two attached hydrogens (primary N) is 2. The summed E-state index contributed by atoms with van der Waals surface area (Å²) in [5.41, 5.74) is 14.4. The molecule has 2 aromatic carbocycles. The largest absolute Gasteiger partial charge is 0.480 e. The minimum atomic E-state index is -1.16. The quantitative estimate of drug-likeness (QED) is 0.106. The number of rotatable bonds is 18. The molecule has 1 heterocycles. The number of aromatic amines is 1. The van der Waals surface area contributed by atoms with Crippen LogP contribution in [0.3, 0.4) is 0 Å². The number of carboxylic acid groups (broad SMARTS) is 1. The number of para-hydroxylation sites is 1. The van der Waals surface area contributed by atoms with Crippen molar-refractivity contribution < 1.29 is 24.3 Å². The van der Waals surface area contributed by atoms with E-state index in [2.05, 4.69) is 20.9 Å². The van der Waals surface area contributed by atoms with E-state index in [1.54, 1.807) is 0 Å². The summed E-state index contributed by atoms with van der Waals surface area (Å²) < 4.78 is 0. The van der Waals surface area contributed by atoms with Gasteiger partial charge in [0.1, 0.15) is 18.1 Å². The van der Waals surface area contributed by atoms with Gasteiger partial charge < -0.3 is 37.5 Å². The molecule has 3 aromatic rings. The molecule has 4 unspecified atom stereocenters. The molecule has 0 radical (unpaired) electrons. The average molecular weight is 611 g/mol. The number of unbranched alkanes of at least 4 members (excludes halogenated alkanes) is 1. The SMILES string of the molecule is CSCCC(NC(=O)C(N)Cc1c[nH]c2ccccc12)C(=O)NC(Cc1ccccc1)C(=O)NC(CCCCN)C(=O)O. The van der Waals surface area contributed by atoms with Crippen molar-refractivity contribution in [2.75, 3.05) is 18.6 Å². The highest BCUT2D eigenvalue weighted by Crippen LogP contribution is 2.19. The summed E-state index contributed by atoms with van der Waals surface area (Å²) in [6, 6.07) is 12.8. The van der Waals surface area contributed by atoms with Gasteiger partial charge in [-0.05, 0) is 67.9 Å². The van der Waals surface area contributed by atoms with Gasteiger partial charge in [-0.2, -0.15) is 11.8 Å². The lowest BCUT2D eigenvalue weighted by molar-refractivity contribution is -0.142. The third-order valence-electron chi connectivity index (χ3n) is 7.17. The Balaban J connectivity index is 1.73. The Hall–Kier alpha value is -3.87. The van der Waals surface area contributed by atoms with E-state index >= 15 is 0 Å². The second kappa shape index (κ2) is 17.3. The van der Waals surface area contributed by atoms with Gasteiger partial charge in [0, 0.05) is 23.5 Å². The molecule has 11 nitrogen and oxygen atoms in total. The van der Waals surface area contributed by atoms with E-state index in [1.165, 1.54) is 11.8 Å². The van der Waals surface area contributed by atoms with Crippen LogP contribution < -0.4 is 27.4 Å². The fourth-order valence-corrected chi connectivity index (χ4v) is 5.24. The van der Waals surface area contributed by atoms with E-state index in [0.717, 1.165) is 22.0 Å². The fourth-order valence-electron chi connectivity index (χ4n) is 4.77. The van der Waals surface area contributed by atoms with Gasteiger partial charge in [-0.1, -0.05) is 48.5 Å². The fraction of sp³-hybridized carbons (Fsp3) is 0.419. The summed E-state index contributed by atoms with van der Waals surface area (Å²) in [7, 11) is 0. The number of aliphatic carboxylic acids is 1. The standard InChI is InChI=1S/C31H42N6O5S/c1-43-16-14-25(35-28(38)23(33)18-21-19-34-24-12-6-5-11-22(21)24)29(39)37-27(17-20-9-3-2-4-10-20)30(40)36-26(31(41)42)13-7-8-15-32/h2-6,9-12,19,23,25-27,34H,7-8,13-18,32-33H2,1H3,(H,35,38)(H,36,40)(H,37,39)(H,41,42). The molecule has 0 aliphatic rings. The van der Waals surface area contributed by atoms with E-state index in [4.69, 9.17) is 11.5 Å². The zero-order chi connectivity index (χ0) is 31.2. The van der Waals surface area contributed by atoms with Crippen LogP contribution in [0, 0.1) is 0 Å². The predicted octanol–water partition coefficient (Wildman–Crippen LogP) is 1.70. The second-order valence-corrected chi connectivity index (χ2v) is 11.4. The van der Waals surface area contributed by atoms with Gasteiger partial charge in [-0.15, -0.1) is 0 Å². The number of fused-ring (bicyclic) bond motifs is 1. The number of carboxylic acids is 1. The van der Waals surface area contributed by atoms with Gasteiger partial charge in [0.05, 0.1) is 6.04 Å². The number of H-pyrrole nitrogens is 1. The highest BCUT2D eigenvalue weighted by atomic mass is 32.2. The number of hydrogen-bond donors (Lipinski definition) is 7. The maximum absolute atomic E-state index is 13.5. The van der Waals surface area contributed by atoms with Gasteiger partial charge in [0.2, 0.25) is 17.7 Å². The highest BCUT2D eigenvalue weighted by Gasteiger charge is 2.30. The molecule has 0 saturated carbocycles. The van der Waals surface area contributed by atoms with Crippen LogP contribution in [0.2, 0.25) is 0 Å². The maximum Gasteiger partial charge on any atom is 0.326 e. The normalized spacial score (nSPS) is 13.9. The van der Waals surface area contributed by atoms with Gasteiger partial charge in [0.15, 0.2) is 0 Å². The highest BCUT2D eigenvalue weighted by molar-refractivity contribution is 7.98. The van der Waals surface area contributed by atoms with Crippen molar-refractivity contribution in [2.45, 2.75) is 62.7 Å². The van der Waals surface area contributed by atoms with E-state index in [1.807, 2.05) is 67.0 Å². The predicted molar refractivity (Wildman–Crippen MR) is 169 cm³/mol. The van der Waals surface area contributed by atoms with Gasteiger partial charge in [-0.3, -0.25) is 14.4 Å². The summed E-state index contributed by atoms with van der Waals surface area (Å²) >= 11 is 1.52. The van der Waals surface area contributed by atoms with E-state index < -0.39 is 47.9 Å². The number of carbonyl (C=O) groups excluding carboxylic acids is 3. The zero-order valence-corrected chi connectivity index (χ0v) is 25.2. The molecular formula is C31H42N6O5S. The molecule has 0 aliphatic heterocycles. The molecule has 43 heavy (non-hydrogen) atoms. The summed E-state index contributed by atoms with van der Waals surface area (Å²) in [6.07, 6.45) is 5.81. The first-order chi connectivity index (χ1) is 20.7. The van der Waals surface area contributed by atoms with Crippen LogP contribution in [0.25, 0.3) is 10.9 Å². The van der Waals surface area contributed by atoms with Gasteiger partial charge >= 0.3 is 5.97 Å². The van der Waals surface area contributed by atoms with Crippen molar-refractivity contribution in [2.24, 2.45) is 11.5 Å². The van der Waals surface area contributed by atoms with Crippen molar-refractivity contribution in [3.05, 3.63) is 71.9 Å². The Kier molecular flexibility index (Phi) is 13.5. The first kappa shape index (κ1) is 33.6. The summed E-state index contributed by atoms with van der Waals surface area (Å²) in [5, 5.41) is 18.8. The van der Waals surface area contributed by atoms with Crippen LogP contribution in [0.5, 0.6) is 0 Å². The van der Waals surface area contributed by atoms with Crippen LogP contribution in [0.4, 0.5) is 0 Å². The molecule has 9 N–H and O–H groups in total. The number of nitrogens with one attached hydrogen (secondary N) is 4. The molecule has 0 spiro atoms. The number of benzene rings is 2. The van der Waals surface area contributed by atoms with Crippen LogP contribution in [-0.4, -0.2) is 76.5 Å². The first-order valence-electron chi connectivity index (χ1n) is 14.4. The number of carbonyl (C=O) groups is 4. The molecule has 0 saturated heterocycles. The molecular weight excluding hydrogens is 568 g/mol. The third kappa shape index (κ3) is 10.4. The summed E-state index contributed by atoms with van der Waals surface area (Å²) in [6.45, 7) is 0.418. The number of hydrogen-bond acceptors (Lipinski definition) is 7. The third-order valence-corrected chi connectivity index (χ3v) is 7.82. The van der Waals surface area contributed by atoms with Crippen LogP contribution >= 0.6 is 11.8 Å². The average Bonchev–Trinajstić information content (AvgIpc) is 3.41.